The minimum Gasteiger partial charge on any atom is -1.00 e. The Kier molecular flexibility index (Phi) is 7.50. The fraction of sp³-hybridized carbons (Fsp3) is 0.0833. The smallest absolute Gasteiger partial charge is 1.00 e. The summed E-state index contributed by atoms with van der Waals surface area (Å²) in [6.07, 6.45) is 1.48. The molecule has 0 fully saturated rings. The standard InChI is InChI=1S/C12H11ClN2O5S.Cs.H/c13-9-5-10(15-6-7-2-1-3-20-7)8(12(16)17)4-11(9)21(14,18)19;;/h1-5,15H,6H2,(H,16,17)(H2,14,18,19);;/q;+1;-1. The average molecular weight is 465 g/mol. The van der Waals surface area contributed by atoms with Crippen LogP contribution in [0.15, 0.2) is 39.8 Å². The molecule has 0 amide bonds. The molecule has 0 spiro atoms. The maximum Gasteiger partial charge on any atom is 1.00 e. The van der Waals surface area contributed by atoms with E-state index in [1.807, 2.05) is 0 Å². The molecular weight excluding hydrogens is 453 g/mol. The Hall–Kier alpha value is 0.0219. The molecule has 10 heteroatoms. The molecule has 114 valence electrons. The molecule has 1 aromatic heterocycles. The fourth-order valence-corrected chi connectivity index (χ4v) is 2.79. The van der Waals surface area contributed by atoms with Crippen LogP contribution in [-0.2, 0) is 16.6 Å². The number of halogens is 1. The van der Waals surface area contributed by atoms with Gasteiger partial charge in [-0.25, -0.2) is 18.4 Å². The Bertz CT molecular complexity index is 783. The van der Waals surface area contributed by atoms with E-state index < -0.39 is 20.9 Å². The van der Waals surface area contributed by atoms with Crippen LogP contribution in [0.1, 0.15) is 17.5 Å². The number of carbonyl (C=O) groups is 1. The van der Waals surface area contributed by atoms with Crippen LogP contribution < -0.4 is 79.3 Å². The van der Waals surface area contributed by atoms with Crippen LogP contribution >= 0.6 is 11.6 Å². The van der Waals surface area contributed by atoms with Crippen LogP contribution in [0.2, 0.25) is 5.02 Å². The molecule has 4 N–H and O–H groups in total. The SMILES string of the molecule is NS(=O)(=O)c1cc(C(=O)O)c(NCc2ccco2)cc1Cl.[Cs+].[H-]. The molecule has 0 saturated heterocycles. The topological polar surface area (TPSA) is 123 Å². The summed E-state index contributed by atoms with van der Waals surface area (Å²) in [7, 11) is -4.11. The van der Waals surface area contributed by atoms with Crippen molar-refractivity contribution in [2.75, 3.05) is 5.32 Å². The largest absolute Gasteiger partial charge is 1.00 e. The first-order valence-electron chi connectivity index (χ1n) is 5.65. The van der Waals surface area contributed by atoms with Crippen molar-refractivity contribution in [3.8, 4) is 0 Å². The zero-order valence-electron chi connectivity index (χ0n) is 12.5. The van der Waals surface area contributed by atoms with E-state index in [0.717, 1.165) is 6.07 Å². The van der Waals surface area contributed by atoms with Gasteiger partial charge < -0.3 is 16.3 Å². The van der Waals surface area contributed by atoms with Gasteiger partial charge in [0.05, 0.1) is 29.1 Å². The number of benzene rings is 1. The number of hydrogen-bond donors (Lipinski definition) is 3. The zero-order valence-corrected chi connectivity index (χ0v) is 19.4. The Balaban J connectivity index is 0.00000242. The van der Waals surface area contributed by atoms with Crippen molar-refractivity contribution < 1.29 is 93.1 Å². The van der Waals surface area contributed by atoms with E-state index in [0.29, 0.717) is 5.76 Å². The molecule has 0 aliphatic heterocycles. The molecule has 1 heterocycles. The number of sulfonamides is 1. The van der Waals surface area contributed by atoms with Gasteiger partial charge in [-0.1, -0.05) is 11.6 Å². The van der Waals surface area contributed by atoms with Crippen molar-refractivity contribution in [3.05, 3.63) is 46.9 Å². The Morgan fingerprint density at radius 1 is 1.45 bits per heavy atom. The van der Waals surface area contributed by atoms with Crippen molar-refractivity contribution >= 4 is 33.3 Å². The van der Waals surface area contributed by atoms with Gasteiger partial charge >= 0.3 is 74.9 Å². The van der Waals surface area contributed by atoms with Crippen molar-refractivity contribution in [3.63, 3.8) is 0 Å². The summed E-state index contributed by atoms with van der Waals surface area (Å²) in [6, 6.07) is 5.51. The monoisotopic (exact) mass is 464 g/mol. The second-order valence-corrected chi connectivity index (χ2v) is 6.05. The summed E-state index contributed by atoms with van der Waals surface area (Å²) in [4.78, 5) is 10.8. The van der Waals surface area contributed by atoms with Gasteiger partial charge in [-0.05, 0) is 24.3 Å². The molecule has 1 aromatic carbocycles. The number of nitrogens with two attached hydrogens (primary N) is 1. The van der Waals surface area contributed by atoms with Gasteiger partial charge in [-0.2, -0.15) is 0 Å². The van der Waals surface area contributed by atoms with E-state index in [2.05, 4.69) is 5.32 Å². The summed E-state index contributed by atoms with van der Waals surface area (Å²) in [5, 5.41) is 16.8. The van der Waals surface area contributed by atoms with E-state index in [1.54, 1.807) is 12.1 Å². The molecule has 0 saturated carbocycles. The van der Waals surface area contributed by atoms with E-state index >= 15 is 0 Å². The predicted octanol–water partition coefficient (Wildman–Crippen LogP) is -0.993. The average Bonchev–Trinajstić information content (AvgIpc) is 2.87. The summed E-state index contributed by atoms with van der Waals surface area (Å²) in [6.45, 7) is 0.221. The van der Waals surface area contributed by atoms with Crippen molar-refractivity contribution in [2.45, 2.75) is 11.4 Å². The summed E-state index contributed by atoms with van der Waals surface area (Å²) in [5.41, 5.74) is -0.0914. The third-order valence-electron chi connectivity index (χ3n) is 2.64. The molecule has 22 heavy (non-hydrogen) atoms. The molecular formula is C12H12ClCsN2O5S. The maximum atomic E-state index is 11.3. The van der Waals surface area contributed by atoms with E-state index in [9.17, 15) is 13.2 Å². The predicted molar refractivity (Wildman–Crippen MR) is 76.9 cm³/mol. The number of aromatic carboxylic acids is 1. The van der Waals surface area contributed by atoms with E-state index in [1.165, 1.54) is 12.3 Å². The molecule has 0 radical (unpaired) electrons. The molecule has 7 nitrogen and oxygen atoms in total. The van der Waals surface area contributed by atoms with Crippen molar-refractivity contribution in [1.29, 1.82) is 0 Å². The molecule has 2 rings (SSSR count). The van der Waals surface area contributed by atoms with Crippen LogP contribution in [0.25, 0.3) is 0 Å². The maximum absolute atomic E-state index is 11.3. The molecule has 0 aliphatic rings. The number of rotatable bonds is 5. The molecule has 0 bridgehead atoms. The Morgan fingerprint density at radius 2 is 2.14 bits per heavy atom. The number of carboxylic acids is 1. The number of nitrogens with one attached hydrogen (secondary N) is 1. The second-order valence-electron chi connectivity index (χ2n) is 4.11. The number of carboxylic acid groups (broad SMARTS) is 1. The summed E-state index contributed by atoms with van der Waals surface area (Å²) in [5.74, 6) is -0.725. The van der Waals surface area contributed by atoms with Gasteiger partial charge in [-0.3, -0.25) is 0 Å². The number of furan rings is 1. The van der Waals surface area contributed by atoms with Crippen LogP contribution in [0.5, 0.6) is 0 Å². The van der Waals surface area contributed by atoms with Crippen LogP contribution in [0.3, 0.4) is 0 Å². The first-order chi connectivity index (χ1) is 9.79. The van der Waals surface area contributed by atoms with Crippen LogP contribution in [-0.4, -0.2) is 19.5 Å². The van der Waals surface area contributed by atoms with Gasteiger partial charge in [0.15, 0.2) is 0 Å². The minimum absolute atomic E-state index is 0. The number of hydrogen-bond acceptors (Lipinski definition) is 5. The number of anilines is 1. The van der Waals surface area contributed by atoms with Gasteiger partial charge in [0, 0.05) is 0 Å². The minimum atomic E-state index is -4.11. The van der Waals surface area contributed by atoms with Gasteiger partial charge in [-0.15, -0.1) is 0 Å². The van der Waals surface area contributed by atoms with Crippen LogP contribution in [0.4, 0.5) is 5.69 Å². The van der Waals surface area contributed by atoms with Gasteiger partial charge in [0.1, 0.15) is 10.7 Å². The molecule has 0 aliphatic carbocycles. The first kappa shape index (κ1) is 20.1. The van der Waals surface area contributed by atoms with E-state index in [-0.39, 0.29) is 93.1 Å². The molecule has 2 aromatic rings. The Labute approximate surface area is 192 Å². The quantitative estimate of drug-likeness (QED) is 0.522. The first-order valence-corrected chi connectivity index (χ1v) is 7.57. The molecule has 0 atom stereocenters. The third kappa shape index (κ3) is 5.01. The van der Waals surface area contributed by atoms with Crippen molar-refractivity contribution in [1.82, 2.24) is 0 Å². The van der Waals surface area contributed by atoms with E-state index in [4.69, 9.17) is 26.3 Å². The summed E-state index contributed by atoms with van der Waals surface area (Å²) < 4.78 is 27.8. The summed E-state index contributed by atoms with van der Waals surface area (Å²) >= 11 is 5.84. The van der Waals surface area contributed by atoms with Gasteiger partial charge in [0.25, 0.3) is 0 Å². The number of primary sulfonamides is 1. The van der Waals surface area contributed by atoms with Gasteiger partial charge in [0.2, 0.25) is 10.0 Å². The normalized spacial score (nSPS) is 10.8. The van der Waals surface area contributed by atoms with Crippen molar-refractivity contribution in [2.24, 2.45) is 5.14 Å². The fourth-order valence-electron chi connectivity index (χ4n) is 1.69. The third-order valence-corrected chi connectivity index (χ3v) is 4.02. The zero-order chi connectivity index (χ0) is 15.6. The second kappa shape index (κ2) is 8.22. The Morgan fingerprint density at radius 3 is 2.64 bits per heavy atom. The molecule has 0 unspecified atom stereocenters. The van der Waals surface area contributed by atoms with Crippen LogP contribution in [0, 0.1) is 0 Å².